The van der Waals surface area contributed by atoms with Crippen molar-refractivity contribution < 1.29 is 0 Å². The molecule has 0 aliphatic carbocycles. The highest BCUT2D eigenvalue weighted by Gasteiger charge is 2.04. The van der Waals surface area contributed by atoms with Gasteiger partial charge in [0.1, 0.15) is 6.07 Å². The first-order valence-corrected chi connectivity index (χ1v) is 5.55. The van der Waals surface area contributed by atoms with Gasteiger partial charge in [-0.25, -0.2) is 0 Å². The Morgan fingerprint density at radius 2 is 2.32 bits per heavy atom. The second-order valence-electron chi connectivity index (χ2n) is 3.96. The minimum atomic E-state index is -0.369. The van der Waals surface area contributed by atoms with Crippen molar-refractivity contribution in [2.45, 2.75) is 6.92 Å². The van der Waals surface area contributed by atoms with Crippen LogP contribution in [0.1, 0.15) is 5.56 Å². The molecule has 0 aliphatic rings. The number of pyridine rings is 1. The van der Waals surface area contributed by atoms with Crippen molar-refractivity contribution in [3.05, 3.63) is 36.0 Å². The van der Waals surface area contributed by atoms with Crippen LogP contribution < -0.4 is 11.2 Å². The molecule has 0 saturated heterocycles. The Balaban J connectivity index is 2.38. The van der Waals surface area contributed by atoms with Crippen LogP contribution in [0.25, 0.3) is 10.9 Å². The minimum Gasteiger partial charge on any atom is -0.382 e. The SMILES string of the molecule is Cc1cc2cccnc2cc1N/N=C(\C#N)C(=N)N. The third-order valence-electron chi connectivity index (χ3n) is 2.60. The Morgan fingerprint density at radius 1 is 1.53 bits per heavy atom. The third-order valence-corrected chi connectivity index (χ3v) is 2.60. The lowest BCUT2D eigenvalue weighted by Gasteiger charge is -2.07. The van der Waals surface area contributed by atoms with Gasteiger partial charge >= 0.3 is 0 Å². The lowest BCUT2D eigenvalue weighted by molar-refractivity contribution is 1.30. The van der Waals surface area contributed by atoms with Gasteiger partial charge in [-0.05, 0) is 30.7 Å². The van der Waals surface area contributed by atoms with E-state index in [1.807, 2.05) is 31.2 Å². The topological polar surface area (TPSA) is 111 Å². The van der Waals surface area contributed by atoms with Crippen LogP contribution in [0.5, 0.6) is 0 Å². The molecule has 2 rings (SSSR count). The summed E-state index contributed by atoms with van der Waals surface area (Å²) in [6, 6.07) is 9.40. The van der Waals surface area contributed by atoms with Crippen LogP contribution >= 0.6 is 0 Å². The van der Waals surface area contributed by atoms with E-state index >= 15 is 0 Å². The number of fused-ring (bicyclic) bond motifs is 1. The molecule has 6 heteroatoms. The molecule has 0 amide bonds. The molecule has 0 spiro atoms. The van der Waals surface area contributed by atoms with Gasteiger partial charge in [0, 0.05) is 11.6 Å². The first-order valence-electron chi connectivity index (χ1n) is 5.55. The summed E-state index contributed by atoms with van der Waals surface area (Å²) < 4.78 is 0. The van der Waals surface area contributed by atoms with Crippen LogP contribution in [0.3, 0.4) is 0 Å². The summed E-state index contributed by atoms with van der Waals surface area (Å²) in [5, 5.41) is 20.8. The number of benzene rings is 1. The van der Waals surface area contributed by atoms with Gasteiger partial charge < -0.3 is 5.73 Å². The number of hydrogen-bond acceptors (Lipinski definition) is 5. The van der Waals surface area contributed by atoms with Crippen molar-refractivity contribution in [3.63, 3.8) is 0 Å². The molecule has 1 aromatic carbocycles. The zero-order valence-corrected chi connectivity index (χ0v) is 10.3. The molecule has 0 atom stereocenters. The smallest absolute Gasteiger partial charge is 0.201 e. The van der Waals surface area contributed by atoms with Crippen LogP contribution in [0, 0.1) is 23.7 Å². The molecule has 0 unspecified atom stereocenters. The number of nitriles is 1. The first kappa shape index (κ1) is 12.5. The van der Waals surface area contributed by atoms with Crippen molar-refractivity contribution in [2.75, 3.05) is 5.43 Å². The zero-order chi connectivity index (χ0) is 13.8. The average Bonchev–Trinajstić information content (AvgIpc) is 2.39. The van der Waals surface area contributed by atoms with E-state index in [2.05, 4.69) is 15.5 Å². The van der Waals surface area contributed by atoms with Gasteiger partial charge in [-0.2, -0.15) is 10.4 Å². The summed E-state index contributed by atoms with van der Waals surface area (Å²) in [6.45, 7) is 1.92. The largest absolute Gasteiger partial charge is 0.382 e. The number of aromatic nitrogens is 1. The average molecular weight is 252 g/mol. The summed E-state index contributed by atoms with van der Waals surface area (Å²) in [4.78, 5) is 4.24. The number of nitrogens with two attached hydrogens (primary N) is 1. The lowest BCUT2D eigenvalue weighted by atomic mass is 10.1. The highest BCUT2D eigenvalue weighted by Crippen LogP contribution is 2.21. The van der Waals surface area contributed by atoms with Crippen molar-refractivity contribution in [2.24, 2.45) is 10.8 Å². The van der Waals surface area contributed by atoms with Crippen LogP contribution in [0.4, 0.5) is 5.69 Å². The van der Waals surface area contributed by atoms with Crippen LogP contribution in [0.15, 0.2) is 35.6 Å². The van der Waals surface area contributed by atoms with Gasteiger partial charge in [-0.15, -0.1) is 0 Å². The summed E-state index contributed by atoms with van der Waals surface area (Å²) >= 11 is 0. The van der Waals surface area contributed by atoms with Gasteiger partial charge in [0.05, 0.1) is 11.2 Å². The molecule has 2 aromatic rings. The third kappa shape index (κ3) is 2.66. The molecule has 0 bridgehead atoms. The normalized spacial score (nSPS) is 11.1. The number of aryl methyl sites for hydroxylation is 1. The predicted molar refractivity (Wildman–Crippen MR) is 75.1 cm³/mol. The molecule has 6 nitrogen and oxygen atoms in total. The molecule has 94 valence electrons. The van der Waals surface area contributed by atoms with E-state index in [-0.39, 0.29) is 11.5 Å². The van der Waals surface area contributed by atoms with Crippen LogP contribution in [-0.4, -0.2) is 16.5 Å². The van der Waals surface area contributed by atoms with E-state index in [9.17, 15) is 0 Å². The molecule has 0 aliphatic heterocycles. The van der Waals surface area contributed by atoms with E-state index in [0.29, 0.717) is 0 Å². The zero-order valence-electron chi connectivity index (χ0n) is 10.3. The lowest BCUT2D eigenvalue weighted by Crippen LogP contribution is -2.21. The molecule has 0 saturated carbocycles. The molecule has 4 N–H and O–H groups in total. The second-order valence-corrected chi connectivity index (χ2v) is 3.96. The van der Waals surface area contributed by atoms with Gasteiger partial charge in [-0.3, -0.25) is 15.8 Å². The Bertz CT molecular complexity index is 711. The monoisotopic (exact) mass is 252 g/mol. The number of hydrazone groups is 1. The highest BCUT2D eigenvalue weighted by atomic mass is 15.3. The van der Waals surface area contributed by atoms with E-state index in [0.717, 1.165) is 22.2 Å². The number of nitrogens with zero attached hydrogens (tertiary/aromatic N) is 3. The molecule has 0 radical (unpaired) electrons. The number of amidine groups is 1. The molecule has 1 heterocycles. The maximum Gasteiger partial charge on any atom is 0.201 e. The summed E-state index contributed by atoms with van der Waals surface area (Å²) in [5.41, 5.74) is 10.3. The fourth-order valence-corrected chi connectivity index (χ4v) is 1.62. The maximum atomic E-state index is 8.76. The Hall–Kier alpha value is -2.94. The Labute approximate surface area is 110 Å². The van der Waals surface area contributed by atoms with Gasteiger partial charge in [0.15, 0.2) is 5.84 Å². The van der Waals surface area contributed by atoms with Gasteiger partial charge in [0.2, 0.25) is 5.71 Å². The molecule has 0 fully saturated rings. The first-order chi connectivity index (χ1) is 9.11. The van der Waals surface area contributed by atoms with Crippen molar-refractivity contribution in [1.82, 2.24) is 4.98 Å². The van der Waals surface area contributed by atoms with Gasteiger partial charge in [-0.1, -0.05) is 6.07 Å². The summed E-state index contributed by atoms with van der Waals surface area (Å²) in [7, 11) is 0. The maximum absolute atomic E-state index is 8.76. The number of hydrogen-bond donors (Lipinski definition) is 3. The molecular formula is C13H12N6. The summed E-state index contributed by atoms with van der Waals surface area (Å²) in [5.74, 6) is -0.369. The fraction of sp³-hybridized carbons (Fsp3) is 0.0769. The Kier molecular flexibility index (Phi) is 3.39. The van der Waals surface area contributed by atoms with Gasteiger partial charge in [0.25, 0.3) is 0 Å². The molecular weight excluding hydrogens is 240 g/mol. The van der Waals surface area contributed by atoms with Crippen LogP contribution in [-0.2, 0) is 0 Å². The van der Waals surface area contributed by atoms with Crippen molar-refractivity contribution in [3.8, 4) is 6.07 Å². The molecule has 1 aromatic heterocycles. The van der Waals surface area contributed by atoms with E-state index in [1.165, 1.54) is 0 Å². The highest BCUT2D eigenvalue weighted by molar-refractivity contribution is 6.45. The number of nitrogens with one attached hydrogen (secondary N) is 2. The fourth-order valence-electron chi connectivity index (χ4n) is 1.62. The second kappa shape index (κ2) is 5.14. The number of anilines is 1. The number of rotatable bonds is 3. The summed E-state index contributed by atoms with van der Waals surface area (Å²) in [6.07, 6.45) is 1.71. The van der Waals surface area contributed by atoms with Crippen molar-refractivity contribution in [1.29, 1.82) is 10.7 Å². The van der Waals surface area contributed by atoms with Crippen LogP contribution in [0.2, 0.25) is 0 Å². The quantitative estimate of drug-likeness (QED) is 0.439. The standard InChI is InChI=1S/C13H12N6/c1-8-5-9-3-2-4-17-11(9)6-10(8)18-19-12(7-14)13(15)16/h2-6,18H,1H3,(H3,15,16)/b19-12+. The Morgan fingerprint density at radius 3 is 3.00 bits per heavy atom. The van der Waals surface area contributed by atoms with E-state index in [1.54, 1.807) is 12.3 Å². The van der Waals surface area contributed by atoms with E-state index in [4.69, 9.17) is 16.4 Å². The van der Waals surface area contributed by atoms with Crippen molar-refractivity contribution >= 4 is 28.1 Å². The molecule has 19 heavy (non-hydrogen) atoms. The van der Waals surface area contributed by atoms with E-state index < -0.39 is 0 Å². The minimum absolute atomic E-state index is 0.152. The predicted octanol–water partition coefficient (Wildman–Crippen LogP) is 1.77.